The summed E-state index contributed by atoms with van der Waals surface area (Å²) in [6.07, 6.45) is 1.93. The van der Waals surface area contributed by atoms with Gasteiger partial charge in [0, 0.05) is 17.1 Å². The lowest BCUT2D eigenvalue weighted by Gasteiger charge is -2.10. The maximum Gasteiger partial charge on any atom is 0.264 e. The molecule has 0 aliphatic carbocycles. The van der Waals surface area contributed by atoms with E-state index in [9.17, 15) is 4.79 Å². The molecule has 4 rings (SSSR count). The zero-order valence-corrected chi connectivity index (χ0v) is 18.2. The Kier molecular flexibility index (Phi) is 5.50. The van der Waals surface area contributed by atoms with Gasteiger partial charge in [-0.15, -0.1) is 0 Å². The number of amidine groups is 1. The highest BCUT2D eigenvalue weighted by Gasteiger charge is 2.24. The van der Waals surface area contributed by atoms with Crippen LogP contribution in [-0.2, 0) is 4.79 Å². The molecule has 0 bridgehead atoms. The Bertz CT molecular complexity index is 1160. The molecule has 1 aliphatic heterocycles. The van der Waals surface area contributed by atoms with E-state index in [1.807, 2.05) is 30.3 Å². The number of thioether (sulfide) groups is 1. The monoisotopic (exact) mass is 417 g/mol. The highest BCUT2D eigenvalue weighted by molar-refractivity contribution is 8.18. The molecule has 0 unspecified atom stereocenters. The van der Waals surface area contributed by atoms with Crippen molar-refractivity contribution in [1.82, 2.24) is 9.88 Å². The third-order valence-electron chi connectivity index (χ3n) is 5.00. The summed E-state index contributed by atoms with van der Waals surface area (Å²) in [5.41, 5.74) is 6.35. The lowest BCUT2D eigenvalue weighted by Crippen LogP contribution is -2.19. The minimum absolute atomic E-state index is 0.132. The van der Waals surface area contributed by atoms with Crippen molar-refractivity contribution in [3.05, 3.63) is 82.0 Å². The first-order valence-electron chi connectivity index (χ1n) is 9.64. The van der Waals surface area contributed by atoms with Crippen molar-refractivity contribution in [2.75, 3.05) is 7.11 Å². The van der Waals surface area contributed by atoms with Gasteiger partial charge in [0.25, 0.3) is 5.91 Å². The standard InChI is InChI=1S/C24H23N3O2S/c1-15-5-9-20(10-6-15)27-16(2)13-18(17(27)3)14-22-23(28)26-24(30-22)25-19-7-11-21(29-4)12-8-19/h5-14H,1-4H3,(H,25,26,28)/b22-14+. The van der Waals surface area contributed by atoms with E-state index in [4.69, 9.17) is 4.74 Å². The van der Waals surface area contributed by atoms with Gasteiger partial charge in [0.05, 0.1) is 17.7 Å². The maximum atomic E-state index is 12.5. The Morgan fingerprint density at radius 3 is 2.40 bits per heavy atom. The van der Waals surface area contributed by atoms with Crippen LogP contribution in [0.1, 0.15) is 22.5 Å². The zero-order chi connectivity index (χ0) is 21.3. The summed E-state index contributed by atoms with van der Waals surface area (Å²) in [5, 5.41) is 3.42. The van der Waals surface area contributed by atoms with Crippen molar-refractivity contribution in [1.29, 1.82) is 0 Å². The molecule has 1 saturated heterocycles. The van der Waals surface area contributed by atoms with E-state index in [-0.39, 0.29) is 5.91 Å². The molecule has 0 spiro atoms. The SMILES string of the molecule is COc1ccc(N=C2NC(=O)/C(=C\c3cc(C)n(-c4ccc(C)cc4)c3C)S2)cc1. The molecule has 0 radical (unpaired) electrons. The minimum atomic E-state index is -0.132. The Labute approximate surface area is 180 Å². The number of carbonyl (C=O) groups excluding carboxylic acids is 1. The van der Waals surface area contributed by atoms with Crippen LogP contribution in [0.2, 0.25) is 0 Å². The van der Waals surface area contributed by atoms with Crippen LogP contribution in [0, 0.1) is 20.8 Å². The van der Waals surface area contributed by atoms with E-state index in [2.05, 4.69) is 66.0 Å². The second kappa shape index (κ2) is 8.24. The van der Waals surface area contributed by atoms with Gasteiger partial charge in [-0.05, 0) is 86.6 Å². The summed E-state index contributed by atoms with van der Waals surface area (Å²) in [7, 11) is 1.63. The fourth-order valence-electron chi connectivity index (χ4n) is 3.42. The van der Waals surface area contributed by atoms with Gasteiger partial charge < -0.3 is 14.6 Å². The fraction of sp³-hybridized carbons (Fsp3) is 0.167. The van der Waals surface area contributed by atoms with Crippen molar-refractivity contribution in [3.8, 4) is 11.4 Å². The fourth-order valence-corrected chi connectivity index (χ4v) is 4.25. The summed E-state index contributed by atoms with van der Waals surface area (Å²) in [6.45, 7) is 6.23. The van der Waals surface area contributed by atoms with Crippen LogP contribution in [0.25, 0.3) is 11.8 Å². The van der Waals surface area contributed by atoms with Gasteiger partial charge in [0.1, 0.15) is 5.75 Å². The predicted octanol–water partition coefficient (Wildman–Crippen LogP) is 5.30. The molecule has 1 amide bonds. The summed E-state index contributed by atoms with van der Waals surface area (Å²) < 4.78 is 7.37. The van der Waals surface area contributed by atoms with E-state index in [0.29, 0.717) is 10.1 Å². The number of methoxy groups -OCH3 is 1. The van der Waals surface area contributed by atoms with Crippen LogP contribution in [-0.4, -0.2) is 22.8 Å². The molecular formula is C24H23N3O2S. The third kappa shape index (κ3) is 4.04. The molecule has 5 nitrogen and oxygen atoms in total. The summed E-state index contributed by atoms with van der Waals surface area (Å²) in [4.78, 5) is 17.6. The highest BCUT2D eigenvalue weighted by atomic mass is 32.2. The third-order valence-corrected chi connectivity index (χ3v) is 5.91. The average molecular weight is 418 g/mol. The smallest absolute Gasteiger partial charge is 0.264 e. The van der Waals surface area contributed by atoms with Crippen molar-refractivity contribution in [2.24, 2.45) is 4.99 Å². The zero-order valence-electron chi connectivity index (χ0n) is 17.4. The van der Waals surface area contributed by atoms with E-state index < -0.39 is 0 Å². The maximum absolute atomic E-state index is 12.5. The Morgan fingerprint density at radius 2 is 1.73 bits per heavy atom. The van der Waals surface area contributed by atoms with Crippen LogP contribution in [0.15, 0.2) is 64.5 Å². The second-order valence-electron chi connectivity index (χ2n) is 7.18. The predicted molar refractivity (Wildman–Crippen MR) is 124 cm³/mol. The van der Waals surface area contributed by atoms with Gasteiger partial charge in [-0.25, -0.2) is 4.99 Å². The number of aromatic nitrogens is 1. The molecule has 1 N–H and O–H groups in total. The van der Waals surface area contributed by atoms with Crippen LogP contribution in [0.4, 0.5) is 5.69 Å². The Morgan fingerprint density at radius 1 is 1.03 bits per heavy atom. The van der Waals surface area contributed by atoms with Crippen LogP contribution < -0.4 is 10.1 Å². The molecule has 2 heterocycles. The van der Waals surface area contributed by atoms with Crippen LogP contribution in [0.3, 0.4) is 0 Å². The summed E-state index contributed by atoms with van der Waals surface area (Å²) >= 11 is 1.35. The number of amides is 1. The number of hydrogen-bond acceptors (Lipinski definition) is 4. The molecule has 2 aromatic carbocycles. The van der Waals surface area contributed by atoms with Crippen molar-refractivity contribution in [3.63, 3.8) is 0 Å². The topological polar surface area (TPSA) is 55.6 Å². The quantitative estimate of drug-likeness (QED) is 0.586. The molecule has 1 fully saturated rings. The number of nitrogens with one attached hydrogen (secondary N) is 1. The number of rotatable bonds is 4. The molecule has 6 heteroatoms. The number of aryl methyl sites for hydroxylation is 2. The van der Waals surface area contributed by atoms with Gasteiger partial charge in [-0.3, -0.25) is 4.79 Å². The Balaban J connectivity index is 1.60. The number of carbonyl (C=O) groups is 1. The molecule has 0 saturated carbocycles. The number of hydrogen-bond donors (Lipinski definition) is 1. The molecule has 1 aromatic heterocycles. The van der Waals surface area contributed by atoms with E-state index in [1.54, 1.807) is 7.11 Å². The summed E-state index contributed by atoms with van der Waals surface area (Å²) in [6, 6.07) is 17.9. The van der Waals surface area contributed by atoms with Crippen molar-refractivity contribution in [2.45, 2.75) is 20.8 Å². The van der Waals surface area contributed by atoms with E-state index in [1.165, 1.54) is 17.3 Å². The van der Waals surface area contributed by atoms with Crippen molar-refractivity contribution >= 4 is 34.6 Å². The minimum Gasteiger partial charge on any atom is -0.497 e. The highest BCUT2D eigenvalue weighted by Crippen LogP contribution is 2.31. The molecular weight excluding hydrogens is 394 g/mol. The Hall–Kier alpha value is -3.25. The van der Waals surface area contributed by atoms with E-state index >= 15 is 0 Å². The largest absolute Gasteiger partial charge is 0.497 e. The normalized spacial score (nSPS) is 16.3. The molecule has 0 atom stereocenters. The van der Waals surface area contributed by atoms with Gasteiger partial charge in [-0.1, -0.05) is 17.7 Å². The first-order valence-corrected chi connectivity index (χ1v) is 10.5. The van der Waals surface area contributed by atoms with Gasteiger partial charge in [-0.2, -0.15) is 0 Å². The molecule has 152 valence electrons. The first kappa shape index (κ1) is 20.0. The summed E-state index contributed by atoms with van der Waals surface area (Å²) in [5.74, 6) is 0.638. The van der Waals surface area contributed by atoms with Crippen molar-refractivity contribution < 1.29 is 9.53 Å². The molecule has 1 aliphatic rings. The number of benzene rings is 2. The van der Waals surface area contributed by atoms with Gasteiger partial charge in [0.15, 0.2) is 5.17 Å². The second-order valence-corrected chi connectivity index (χ2v) is 8.21. The molecule has 30 heavy (non-hydrogen) atoms. The average Bonchev–Trinajstić information content (AvgIpc) is 3.21. The van der Waals surface area contributed by atoms with E-state index in [0.717, 1.165) is 34.1 Å². The lowest BCUT2D eigenvalue weighted by atomic mass is 10.2. The van der Waals surface area contributed by atoms with Crippen LogP contribution in [0.5, 0.6) is 5.75 Å². The van der Waals surface area contributed by atoms with Gasteiger partial charge in [0.2, 0.25) is 0 Å². The number of aliphatic imine (C=N–C) groups is 1. The molecule has 3 aromatic rings. The number of ether oxygens (including phenoxy) is 1. The van der Waals surface area contributed by atoms with Crippen LogP contribution >= 0.6 is 11.8 Å². The van der Waals surface area contributed by atoms with Gasteiger partial charge >= 0.3 is 0 Å². The number of nitrogens with zero attached hydrogens (tertiary/aromatic N) is 2. The lowest BCUT2D eigenvalue weighted by molar-refractivity contribution is -0.115. The first-order chi connectivity index (χ1) is 14.4.